The second kappa shape index (κ2) is 14.7. The summed E-state index contributed by atoms with van der Waals surface area (Å²) in [4.78, 5) is 12.3. The van der Waals surface area contributed by atoms with Crippen LogP contribution in [0.25, 0.3) is 32.7 Å². The number of phenolic OH excluding ortho intramolecular Hbond substituents is 3. The summed E-state index contributed by atoms with van der Waals surface area (Å²) in [5, 5.41) is 31.7. The molecule has 0 aliphatic heterocycles. The third kappa shape index (κ3) is 7.36. The van der Waals surface area contributed by atoms with Gasteiger partial charge >= 0.3 is 17.4 Å². The molecular weight excluding hydrogens is 921 g/mol. The van der Waals surface area contributed by atoms with Crippen LogP contribution in [-0.4, -0.2) is 47.6 Å². The molecule has 3 heterocycles. The average Bonchev–Trinajstić information content (AvgIpc) is 2.94. The number of halogens is 6. The molecule has 6 nitrogen and oxygen atoms in total. The van der Waals surface area contributed by atoms with Crippen molar-refractivity contribution in [3.63, 3.8) is 0 Å². The van der Waals surface area contributed by atoms with Crippen LogP contribution in [-0.2, 0) is 0 Å². The first-order valence-corrected chi connectivity index (χ1v) is 15.6. The van der Waals surface area contributed by atoms with Crippen LogP contribution in [0.5, 0.6) is 17.2 Å². The van der Waals surface area contributed by atoms with Crippen LogP contribution in [0.2, 0.25) is 0 Å². The Kier molecular flexibility index (Phi) is 12.2. The summed E-state index contributed by atoms with van der Waals surface area (Å²) < 4.78 is 4.68. The Morgan fingerprint density at radius 2 is 0.675 bits per heavy atom. The standard InChI is InChI=1S/3C9H5Br2NO.Al/c3*10-6-4-7(11)9(13)8-5(6)2-1-3-12-8;/h3*1-4,13H;/q;;;+3. The summed E-state index contributed by atoms with van der Waals surface area (Å²) in [5.74, 6) is 0.538. The first kappa shape index (κ1) is 33.2. The van der Waals surface area contributed by atoms with Crippen molar-refractivity contribution in [3.8, 4) is 17.2 Å². The maximum Gasteiger partial charge on any atom is 3.00 e. The van der Waals surface area contributed by atoms with E-state index in [1.165, 1.54) is 0 Å². The fraction of sp³-hybridized carbons (Fsp3) is 0. The Bertz CT molecular complexity index is 1630. The Balaban J connectivity index is 0.000000163. The van der Waals surface area contributed by atoms with E-state index in [0.717, 1.165) is 29.6 Å². The Labute approximate surface area is 290 Å². The third-order valence-electron chi connectivity index (χ3n) is 5.31. The molecule has 0 bridgehead atoms. The van der Waals surface area contributed by atoms with E-state index in [9.17, 15) is 15.3 Å². The van der Waals surface area contributed by atoms with E-state index in [4.69, 9.17) is 0 Å². The topological polar surface area (TPSA) is 99.4 Å². The second-order valence-corrected chi connectivity index (χ2v) is 12.9. The minimum Gasteiger partial charge on any atom is -0.505 e. The predicted molar refractivity (Wildman–Crippen MR) is 182 cm³/mol. The number of benzene rings is 3. The molecule has 0 saturated heterocycles. The zero-order valence-corrected chi connectivity index (χ0v) is 30.6. The molecule has 0 radical (unpaired) electrons. The normalized spacial score (nSPS) is 10.3. The van der Waals surface area contributed by atoms with Crippen molar-refractivity contribution in [2.45, 2.75) is 0 Å². The van der Waals surface area contributed by atoms with Crippen molar-refractivity contribution in [1.29, 1.82) is 0 Å². The largest absolute Gasteiger partial charge is 3.00 e. The molecule has 0 fully saturated rings. The Morgan fingerprint density at radius 3 is 0.925 bits per heavy atom. The van der Waals surface area contributed by atoms with Crippen LogP contribution < -0.4 is 0 Å². The van der Waals surface area contributed by atoms with Gasteiger partial charge in [-0.1, -0.05) is 66.0 Å². The minimum atomic E-state index is 0. The number of rotatable bonds is 0. The molecule has 0 amide bonds. The zero-order chi connectivity index (χ0) is 28.3. The van der Waals surface area contributed by atoms with Gasteiger partial charge in [-0.05, 0) is 84.2 Å². The summed E-state index contributed by atoms with van der Waals surface area (Å²) in [5.41, 5.74) is 1.80. The molecule has 0 spiro atoms. The molecule has 3 aromatic carbocycles. The van der Waals surface area contributed by atoms with Gasteiger partial charge in [0.1, 0.15) is 16.6 Å². The van der Waals surface area contributed by atoms with Crippen LogP contribution in [0.3, 0.4) is 0 Å². The van der Waals surface area contributed by atoms with Gasteiger partial charge in [0.05, 0.1) is 13.4 Å². The van der Waals surface area contributed by atoms with E-state index in [-0.39, 0.29) is 34.6 Å². The van der Waals surface area contributed by atoms with Gasteiger partial charge in [-0.2, -0.15) is 0 Å². The van der Waals surface area contributed by atoms with Crippen molar-refractivity contribution in [2.24, 2.45) is 0 Å². The van der Waals surface area contributed by atoms with E-state index < -0.39 is 0 Å². The van der Waals surface area contributed by atoms with Crippen LogP contribution in [0.1, 0.15) is 0 Å². The van der Waals surface area contributed by atoms with Gasteiger partial charge < -0.3 is 15.3 Å². The molecule has 6 aromatic rings. The average molecular weight is 936 g/mol. The van der Waals surface area contributed by atoms with E-state index in [1.807, 2.05) is 36.4 Å². The Hall–Kier alpha value is -1.30. The maximum atomic E-state index is 9.65. The molecule has 0 atom stereocenters. The number of pyridine rings is 3. The van der Waals surface area contributed by atoms with Crippen molar-refractivity contribution in [1.82, 2.24) is 15.0 Å². The summed E-state index contributed by atoms with van der Waals surface area (Å²) in [6, 6.07) is 16.6. The van der Waals surface area contributed by atoms with Crippen molar-refractivity contribution in [3.05, 3.63) is 100 Å². The van der Waals surface area contributed by atoms with Crippen LogP contribution in [0.4, 0.5) is 0 Å². The number of hydrogen-bond donors (Lipinski definition) is 3. The third-order valence-corrected chi connectivity index (χ3v) is 9.09. The predicted octanol–water partition coefficient (Wildman–Crippen LogP) is 10.0. The minimum absolute atomic E-state index is 0. The van der Waals surface area contributed by atoms with Gasteiger partial charge in [0.2, 0.25) is 0 Å². The first-order valence-electron chi connectivity index (χ1n) is 10.8. The van der Waals surface area contributed by atoms with Crippen LogP contribution in [0.15, 0.2) is 100 Å². The molecule has 0 saturated carbocycles. The van der Waals surface area contributed by atoms with Gasteiger partial charge in [-0.25, -0.2) is 0 Å². The molecule has 198 valence electrons. The smallest absolute Gasteiger partial charge is 0.505 e. The van der Waals surface area contributed by atoms with Gasteiger partial charge in [-0.15, -0.1) is 0 Å². The fourth-order valence-electron chi connectivity index (χ4n) is 3.47. The zero-order valence-electron chi connectivity index (χ0n) is 20.0. The van der Waals surface area contributed by atoms with Crippen molar-refractivity contribution in [2.75, 3.05) is 0 Å². The number of nitrogens with zero attached hydrogens (tertiary/aromatic N) is 3. The number of phenols is 3. The summed E-state index contributed by atoms with van der Waals surface area (Å²) in [6.45, 7) is 0. The Morgan fingerprint density at radius 1 is 0.425 bits per heavy atom. The summed E-state index contributed by atoms with van der Waals surface area (Å²) >= 11 is 19.9. The number of aromatic hydroxyl groups is 3. The summed E-state index contributed by atoms with van der Waals surface area (Å²) in [6.07, 6.45) is 4.96. The first-order chi connectivity index (χ1) is 18.6. The quantitative estimate of drug-likeness (QED) is 0.131. The maximum absolute atomic E-state index is 9.65. The van der Waals surface area contributed by atoms with Crippen LogP contribution in [0, 0.1) is 0 Å². The van der Waals surface area contributed by atoms with E-state index in [1.54, 1.807) is 36.8 Å². The van der Waals surface area contributed by atoms with Crippen molar-refractivity contribution < 1.29 is 15.3 Å². The molecule has 0 aliphatic rings. The van der Waals surface area contributed by atoms with Gasteiger partial charge in [0, 0.05) is 48.2 Å². The molecule has 3 aromatic heterocycles. The molecule has 40 heavy (non-hydrogen) atoms. The van der Waals surface area contributed by atoms with Gasteiger partial charge in [-0.3, -0.25) is 15.0 Å². The van der Waals surface area contributed by atoms with E-state index in [0.29, 0.717) is 30.0 Å². The number of hydrogen-bond acceptors (Lipinski definition) is 6. The molecule has 6 rings (SSSR count). The molecule has 3 N–H and O–H groups in total. The molecule has 0 unspecified atom stereocenters. The molecule has 13 heteroatoms. The fourth-order valence-corrected chi connectivity index (χ4v) is 7.29. The number of fused-ring (bicyclic) bond motifs is 3. The van der Waals surface area contributed by atoms with E-state index >= 15 is 0 Å². The monoisotopic (exact) mass is 930 g/mol. The van der Waals surface area contributed by atoms with E-state index in [2.05, 4.69) is 111 Å². The van der Waals surface area contributed by atoms with Gasteiger partial charge in [0.15, 0.2) is 17.2 Å². The molecule has 0 aliphatic carbocycles. The SMILES string of the molecule is Oc1c(Br)cc(Br)c2cccnc12.Oc1c(Br)cc(Br)c2cccnc12.Oc1c(Br)cc(Br)c2cccnc12.[Al+3]. The van der Waals surface area contributed by atoms with Gasteiger partial charge in [0.25, 0.3) is 0 Å². The number of aromatic nitrogens is 3. The van der Waals surface area contributed by atoms with Crippen molar-refractivity contribution >= 4 is 146 Å². The second-order valence-electron chi connectivity index (χ2n) is 7.77. The molecular formula is C27H15AlBr6N3O3+3. The summed E-state index contributed by atoms with van der Waals surface area (Å²) in [7, 11) is 0. The van der Waals surface area contributed by atoms with Crippen LogP contribution >= 0.6 is 95.6 Å².